The summed E-state index contributed by atoms with van der Waals surface area (Å²) >= 11 is 1.23. The van der Waals surface area contributed by atoms with E-state index in [0.717, 1.165) is 5.75 Å². The Morgan fingerprint density at radius 2 is 1.81 bits per heavy atom. The van der Waals surface area contributed by atoms with Crippen molar-refractivity contribution >= 4 is 29.3 Å². The maximum absolute atomic E-state index is 12.8. The standard InChI is InChI=1S/C19H21FN2O3S/c1-14(19(24)21-11-12-25-17-5-3-2-4-6-17)26-13-18(23)22-16-9-7-15(20)8-10-16/h2-10,14H,11-13H2,1H3,(H,21,24)(H,22,23). The zero-order chi connectivity index (χ0) is 18.8. The van der Waals surface area contributed by atoms with Gasteiger partial charge in [-0.15, -0.1) is 11.8 Å². The number of amides is 2. The van der Waals surface area contributed by atoms with Gasteiger partial charge in [-0.3, -0.25) is 9.59 Å². The highest BCUT2D eigenvalue weighted by molar-refractivity contribution is 8.01. The van der Waals surface area contributed by atoms with Crippen LogP contribution >= 0.6 is 11.8 Å². The first-order valence-electron chi connectivity index (χ1n) is 8.17. The fraction of sp³-hybridized carbons (Fsp3) is 0.263. The minimum absolute atomic E-state index is 0.131. The number of para-hydroxylation sites is 1. The molecule has 2 aromatic rings. The lowest BCUT2D eigenvalue weighted by atomic mass is 10.3. The number of nitrogens with one attached hydrogen (secondary N) is 2. The SMILES string of the molecule is CC(SCC(=O)Nc1ccc(F)cc1)C(=O)NCCOc1ccccc1. The summed E-state index contributed by atoms with van der Waals surface area (Å²) in [6, 6.07) is 14.9. The van der Waals surface area contributed by atoms with Gasteiger partial charge in [0, 0.05) is 5.69 Å². The topological polar surface area (TPSA) is 67.4 Å². The van der Waals surface area contributed by atoms with Crippen LogP contribution in [0.25, 0.3) is 0 Å². The van der Waals surface area contributed by atoms with Crippen LogP contribution in [0.15, 0.2) is 54.6 Å². The lowest BCUT2D eigenvalue weighted by Gasteiger charge is -2.12. The van der Waals surface area contributed by atoms with Gasteiger partial charge in [-0.05, 0) is 43.3 Å². The van der Waals surface area contributed by atoms with Gasteiger partial charge in [-0.1, -0.05) is 18.2 Å². The van der Waals surface area contributed by atoms with Gasteiger partial charge in [-0.2, -0.15) is 0 Å². The Balaban J connectivity index is 1.61. The quantitative estimate of drug-likeness (QED) is 0.660. The van der Waals surface area contributed by atoms with Crippen LogP contribution in [0, 0.1) is 5.82 Å². The third-order valence-corrected chi connectivity index (χ3v) is 4.52. The van der Waals surface area contributed by atoms with Gasteiger partial charge < -0.3 is 15.4 Å². The highest BCUT2D eigenvalue weighted by atomic mass is 32.2. The van der Waals surface area contributed by atoms with Gasteiger partial charge >= 0.3 is 0 Å². The predicted octanol–water partition coefficient (Wildman–Crippen LogP) is 3.08. The zero-order valence-corrected chi connectivity index (χ0v) is 15.2. The summed E-state index contributed by atoms with van der Waals surface area (Å²) in [5, 5.41) is 5.06. The molecule has 0 aliphatic rings. The third kappa shape index (κ3) is 7.14. The van der Waals surface area contributed by atoms with E-state index in [4.69, 9.17) is 4.74 Å². The van der Waals surface area contributed by atoms with Crippen molar-refractivity contribution in [3.63, 3.8) is 0 Å². The first-order chi connectivity index (χ1) is 12.5. The summed E-state index contributed by atoms with van der Waals surface area (Å²) in [5.41, 5.74) is 0.521. The molecule has 2 rings (SSSR count). The molecule has 7 heteroatoms. The lowest BCUT2D eigenvalue weighted by molar-refractivity contribution is -0.120. The Labute approximate surface area is 156 Å². The van der Waals surface area contributed by atoms with Crippen molar-refractivity contribution in [2.45, 2.75) is 12.2 Å². The van der Waals surface area contributed by atoms with Crippen LogP contribution in [0.2, 0.25) is 0 Å². The molecule has 138 valence electrons. The van der Waals surface area contributed by atoms with Gasteiger partial charge in [0.15, 0.2) is 0 Å². The minimum Gasteiger partial charge on any atom is -0.492 e. The molecule has 0 saturated heterocycles. The summed E-state index contributed by atoms with van der Waals surface area (Å²) < 4.78 is 18.3. The van der Waals surface area contributed by atoms with E-state index in [0.29, 0.717) is 18.8 Å². The molecule has 5 nitrogen and oxygen atoms in total. The van der Waals surface area contributed by atoms with Crippen LogP contribution < -0.4 is 15.4 Å². The summed E-state index contributed by atoms with van der Waals surface area (Å²) in [6.07, 6.45) is 0. The van der Waals surface area contributed by atoms with E-state index in [2.05, 4.69) is 10.6 Å². The monoisotopic (exact) mass is 376 g/mol. The van der Waals surface area contributed by atoms with E-state index < -0.39 is 0 Å². The summed E-state index contributed by atoms with van der Waals surface area (Å²) in [6.45, 7) is 2.50. The van der Waals surface area contributed by atoms with Gasteiger partial charge in [0.2, 0.25) is 11.8 Å². The second-order valence-electron chi connectivity index (χ2n) is 5.46. The predicted molar refractivity (Wildman–Crippen MR) is 102 cm³/mol. The first-order valence-corrected chi connectivity index (χ1v) is 9.22. The molecule has 2 aromatic carbocycles. The van der Waals surface area contributed by atoms with Crippen LogP contribution in [0.5, 0.6) is 5.75 Å². The van der Waals surface area contributed by atoms with Crippen LogP contribution in [0.1, 0.15) is 6.92 Å². The normalized spacial score (nSPS) is 11.5. The fourth-order valence-corrected chi connectivity index (χ4v) is 2.72. The summed E-state index contributed by atoms with van der Waals surface area (Å²) in [7, 11) is 0. The fourth-order valence-electron chi connectivity index (χ4n) is 2.01. The molecule has 0 aliphatic heterocycles. The first kappa shape index (κ1) is 19.8. The largest absolute Gasteiger partial charge is 0.492 e. The van der Waals surface area contributed by atoms with Crippen molar-refractivity contribution in [3.05, 3.63) is 60.4 Å². The summed E-state index contributed by atoms with van der Waals surface area (Å²) in [4.78, 5) is 23.9. The number of anilines is 1. The molecule has 0 spiro atoms. The van der Waals surface area contributed by atoms with Crippen molar-refractivity contribution < 1.29 is 18.7 Å². The molecule has 0 bridgehead atoms. The lowest BCUT2D eigenvalue weighted by Crippen LogP contribution is -2.34. The molecule has 26 heavy (non-hydrogen) atoms. The molecule has 2 amide bonds. The molecule has 2 N–H and O–H groups in total. The van der Waals surface area contributed by atoms with E-state index in [1.54, 1.807) is 6.92 Å². The van der Waals surface area contributed by atoms with Gasteiger partial charge in [-0.25, -0.2) is 4.39 Å². The van der Waals surface area contributed by atoms with Crippen molar-refractivity contribution in [2.24, 2.45) is 0 Å². The smallest absolute Gasteiger partial charge is 0.234 e. The van der Waals surface area contributed by atoms with E-state index in [1.807, 2.05) is 30.3 Å². The molecule has 1 unspecified atom stereocenters. The molecule has 0 radical (unpaired) electrons. The van der Waals surface area contributed by atoms with Crippen molar-refractivity contribution in [1.29, 1.82) is 0 Å². The van der Waals surface area contributed by atoms with Crippen molar-refractivity contribution in [3.8, 4) is 5.75 Å². The maximum Gasteiger partial charge on any atom is 0.234 e. The maximum atomic E-state index is 12.8. The average molecular weight is 376 g/mol. The molecule has 0 heterocycles. The Morgan fingerprint density at radius 3 is 2.50 bits per heavy atom. The molecule has 0 fully saturated rings. The second-order valence-corrected chi connectivity index (χ2v) is 6.79. The van der Waals surface area contributed by atoms with Gasteiger partial charge in [0.25, 0.3) is 0 Å². The number of thioether (sulfide) groups is 1. The number of carbonyl (C=O) groups excluding carboxylic acids is 2. The van der Waals surface area contributed by atoms with Crippen LogP contribution in [0.3, 0.4) is 0 Å². The van der Waals surface area contributed by atoms with E-state index in [-0.39, 0.29) is 28.6 Å². The molecule has 0 aromatic heterocycles. The van der Waals surface area contributed by atoms with Crippen LogP contribution in [0.4, 0.5) is 10.1 Å². The number of rotatable bonds is 9. The van der Waals surface area contributed by atoms with Crippen LogP contribution in [-0.2, 0) is 9.59 Å². The molecular weight excluding hydrogens is 355 g/mol. The number of benzene rings is 2. The number of ether oxygens (including phenoxy) is 1. The Bertz CT molecular complexity index is 710. The molecule has 1 atom stereocenters. The highest BCUT2D eigenvalue weighted by Gasteiger charge is 2.15. The minimum atomic E-state index is -0.370. The molecule has 0 aliphatic carbocycles. The Hall–Kier alpha value is -2.54. The number of halogens is 1. The molecular formula is C19H21FN2O3S. The van der Waals surface area contributed by atoms with Crippen molar-refractivity contribution in [1.82, 2.24) is 5.32 Å². The van der Waals surface area contributed by atoms with Gasteiger partial charge in [0.1, 0.15) is 18.2 Å². The number of hydrogen-bond donors (Lipinski definition) is 2. The average Bonchev–Trinajstić information content (AvgIpc) is 2.66. The van der Waals surface area contributed by atoms with Gasteiger partial charge in [0.05, 0.1) is 17.5 Å². The number of carbonyl (C=O) groups is 2. The Morgan fingerprint density at radius 1 is 1.12 bits per heavy atom. The van der Waals surface area contributed by atoms with E-state index in [9.17, 15) is 14.0 Å². The van der Waals surface area contributed by atoms with Crippen LogP contribution in [-0.4, -0.2) is 36.0 Å². The van der Waals surface area contributed by atoms with E-state index in [1.165, 1.54) is 36.0 Å². The number of hydrogen-bond acceptors (Lipinski definition) is 4. The van der Waals surface area contributed by atoms with Crippen molar-refractivity contribution in [2.75, 3.05) is 24.2 Å². The Kier molecular flexibility index (Phi) is 7.95. The zero-order valence-electron chi connectivity index (χ0n) is 14.4. The third-order valence-electron chi connectivity index (χ3n) is 3.37. The summed E-state index contributed by atoms with van der Waals surface area (Å²) in [5.74, 6) is 0.127. The second kappa shape index (κ2) is 10.5. The van der Waals surface area contributed by atoms with E-state index >= 15 is 0 Å². The molecule has 0 saturated carbocycles. The highest BCUT2D eigenvalue weighted by Crippen LogP contribution is 2.13.